The number of amides is 2. The molecule has 0 aliphatic carbocycles. The number of anilines is 2. The first-order valence-corrected chi connectivity index (χ1v) is 10.7. The zero-order valence-corrected chi connectivity index (χ0v) is 17.7. The average molecular weight is 409 g/mol. The van der Waals surface area contributed by atoms with Crippen molar-refractivity contribution >= 4 is 23.2 Å². The number of carbonyl (C=O) groups is 2. The van der Waals surface area contributed by atoms with E-state index in [-0.39, 0.29) is 17.7 Å². The van der Waals surface area contributed by atoms with Gasteiger partial charge in [-0.05, 0) is 50.1 Å². The zero-order chi connectivity index (χ0) is 21.2. The lowest BCUT2D eigenvalue weighted by molar-refractivity contribution is -0.125. The molecular weight excluding hydrogens is 376 g/mol. The zero-order valence-electron chi connectivity index (χ0n) is 17.7. The summed E-state index contributed by atoms with van der Waals surface area (Å²) in [5, 5.41) is 5.99. The molecule has 1 fully saturated rings. The molecule has 1 aliphatic rings. The normalized spacial score (nSPS) is 16.6. The van der Waals surface area contributed by atoms with Gasteiger partial charge in [-0.2, -0.15) is 0 Å². The van der Waals surface area contributed by atoms with E-state index in [0.29, 0.717) is 19.6 Å². The van der Waals surface area contributed by atoms with Crippen LogP contribution in [0.3, 0.4) is 0 Å². The van der Waals surface area contributed by atoms with Crippen molar-refractivity contribution in [3.8, 4) is 0 Å². The Hall–Kier alpha value is -2.86. The number of nitrogens with one attached hydrogen (secondary N) is 2. The first kappa shape index (κ1) is 21.8. The molecule has 160 valence electrons. The van der Waals surface area contributed by atoms with E-state index in [2.05, 4.69) is 39.6 Å². The van der Waals surface area contributed by atoms with Crippen molar-refractivity contribution in [2.45, 2.75) is 19.3 Å². The third-order valence-corrected chi connectivity index (χ3v) is 5.47. The van der Waals surface area contributed by atoms with Crippen molar-refractivity contribution in [1.82, 2.24) is 10.2 Å². The van der Waals surface area contributed by atoms with Gasteiger partial charge in [0.2, 0.25) is 11.8 Å². The Balaban J connectivity index is 1.35. The van der Waals surface area contributed by atoms with E-state index >= 15 is 0 Å². The lowest BCUT2D eigenvalue weighted by atomic mass is 9.97. The Morgan fingerprint density at radius 1 is 1.07 bits per heavy atom. The lowest BCUT2D eigenvalue weighted by Crippen LogP contribution is -2.45. The van der Waals surface area contributed by atoms with Gasteiger partial charge >= 0.3 is 0 Å². The number of likely N-dealkylation sites (tertiary alicyclic amines) is 1. The van der Waals surface area contributed by atoms with E-state index in [9.17, 15) is 9.59 Å². The van der Waals surface area contributed by atoms with Gasteiger partial charge in [0.15, 0.2) is 0 Å². The van der Waals surface area contributed by atoms with Gasteiger partial charge in [0.05, 0.1) is 12.5 Å². The number of nitrogens with zero attached hydrogens (tertiary/aromatic N) is 2. The Labute approximate surface area is 179 Å². The molecule has 30 heavy (non-hydrogen) atoms. The number of benzene rings is 2. The lowest BCUT2D eigenvalue weighted by Gasteiger charge is -2.31. The molecule has 2 aromatic carbocycles. The van der Waals surface area contributed by atoms with Gasteiger partial charge in [-0.15, -0.1) is 0 Å². The van der Waals surface area contributed by atoms with E-state index < -0.39 is 0 Å². The van der Waals surface area contributed by atoms with Crippen molar-refractivity contribution in [3.05, 3.63) is 60.7 Å². The second-order valence-electron chi connectivity index (χ2n) is 7.89. The van der Waals surface area contributed by atoms with Gasteiger partial charge in [-0.1, -0.05) is 36.4 Å². The summed E-state index contributed by atoms with van der Waals surface area (Å²) < 4.78 is 0. The fraction of sp³-hybridized carbons (Fsp3) is 0.417. The second kappa shape index (κ2) is 11.4. The molecule has 1 unspecified atom stereocenters. The van der Waals surface area contributed by atoms with Crippen LogP contribution in [0.5, 0.6) is 0 Å². The minimum absolute atomic E-state index is 0.0291. The summed E-state index contributed by atoms with van der Waals surface area (Å²) in [6.07, 6.45) is 2.68. The standard InChI is InChI=1S/C24H32N4O2/c1-27(22-13-6-3-7-14-22)16-9-15-25-23(29)19-28-17-8-10-20(18-28)24(30)26-21-11-4-2-5-12-21/h2-7,11-14,20H,8-10,15-19H2,1H3,(H,25,29)(H,26,30). The molecule has 0 radical (unpaired) electrons. The average Bonchev–Trinajstić information content (AvgIpc) is 2.78. The predicted octanol–water partition coefficient (Wildman–Crippen LogP) is 2.98. The molecule has 3 rings (SSSR count). The molecule has 0 saturated carbocycles. The highest BCUT2D eigenvalue weighted by Crippen LogP contribution is 2.18. The molecule has 1 atom stereocenters. The summed E-state index contributed by atoms with van der Waals surface area (Å²) in [5.74, 6) is -0.0111. The number of piperidine rings is 1. The number of hydrogen-bond donors (Lipinski definition) is 2. The van der Waals surface area contributed by atoms with Gasteiger partial charge in [0.1, 0.15) is 0 Å². The van der Waals surface area contributed by atoms with Crippen molar-refractivity contribution < 1.29 is 9.59 Å². The quantitative estimate of drug-likeness (QED) is 0.626. The summed E-state index contributed by atoms with van der Waals surface area (Å²) in [6.45, 7) is 3.38. The molecule has 6 heteroatoms. The van der Waals surface area contributed by atoms with E-state index in [4.69, 9.17) is 0 Å². The highest BCUT2D eigenvalue weighted by atomic mass is 16.2. The van der Waals surface area contributed by atoms with Gasteiger partial charge in [0.25, 0.3) is 0 Å². The van der Waals surface area contributed by atoms with Crippen LogP contribution in [-0.2, 0) is 9.59 Å². The predicted molar refractivity (Wildman–Crippen MR) is 122 cm³/mol. The highest BCUT2D eigenvalue weighted by molar-refractivity contribution is 5.92. The van der Waals surface area contributed by atoms with Crippen molar-refractivity contribution in [1.29, 1.82) is 0 Å². The number of carbonyl (C=O) groups excluding carboxylic acids is 2. The van der Waals surface area contributed by atoms with Crippen LogP contribution in [0, 0.1) is 5.92 Å². The van der Waals surface area contributed by atoms with Crippen molar-refractivity contribution in [3.63, 3.8) is 0 Å². The molecule has 0 spiro atoms. The highest BCUT2D eigenvalue weighted by Gasteiger charge is 2.26. The molecule has 1 saturated heterocycles. The van der Waals surface area contributed by atoms with Crippen LogP contribution < -0.4 is 15.5 Å². The minimum atomic E-state index is -0.0775. The van der Waals surface area contributed by atoms with Crippen LogP contribution in [-0.4, -0.2) is 56.5 Å². The first-order chi connectivity index (χ1) is 14.6. The van der Waals surface area contributed by atoms with Crippen LogP contribution in [0.25, 0.3) is 0 Å². The summed E-state index contributed by atoms with van der Waals surface area (Å²) >= 11 is 0. The molecule has 1 aliphatic heterocycles. The monoisotopic (exact) mass is 408 g/mol. The minimum Gasteiger partial charge on any atom is -0.375 e. The summed E-state index contributed by atoms with van der Waals surface area (Å²) in [6, 6.07) is 19.7. The maximum Gasteiger partial charge on any atom is 0.234 e. The van der Waals surface area contributed by atoms with Gasteiger partial charge in [-0.3, -0.25) is 14.5 Å². The maximum atomic E-state index is 12.5. The van der Waals surface area contributed by atoms with Gasteiger partial charge < -0.3 is 15.5 Å². The fourth-order valence-electron chi connectivity index (χ4n) is 3.79. The van der Waals surface area contributed by atoms with Crippen LogP contribution in [0.1, 0.15) is 19.3 Å². The van der Waals surface area contributed by atoms with Gasteiger partial charge in [-0.25, -0.2) is 0 Å². The number of para-hydroxylation sites is 2. The van der Waals surface area contributed by atoms with E-state index in [1.807, 2.05) is 48.5 Å². The van der Waals surface area contributed by atoms with Crippen LogP contribution in [0.2, 0.25) is 0 Å². The van der Waals surface area contributed by atoms with Crippen molar-refractivity contribution in [2.75, 3.05) is 50.0 Å². The van der Waals surface area contributed by atoms with Crippen molar-refractivity contribution in [2.24, 2.45) is 5.92 Å². The maximum absolute atomic E-state index is 12.5. The second-order valence-corrected chi connectivity index (χ2v) is 7.89. The largest absolute Gasteiger partial charge is 0.375 e. The third kappa shape index (κ3) is 6.88. The smallest absolute Gasteiger partial charge is 0.234 e. The molecule has 1 heterocycles. The Kier molecular flexibility index (Phi) is 8.27. The first-order valence-electron chi connectivity index (χ1n) is 10.7. The molecule has 2 amide bonds. The van der Waals surface area contributed by atoms with Gasteiger partial charge in [0, 0.05) is 38.1 Å². The summed E-state index contributed by atoms with van der Waals surface area (Å²) in [4.78, 5) is 29.1. The number of hydrogen-bond acceptors (Lipinski definition) is 4. The van der Waals surface area contributed by atoms with Crippen LogP contribution in [0.15, 0.2) is 60.7 Å². The fourth-order valence-corrected chi connectivity index (χ4v) is 3.79. The molecule has 0 bridgehead atoms. The van der Waals surface area contributed by atoms with Crippen LogP contribution >= 0.6 is 0 Å². The summed E-state index contributed by atoms with van der Waals surface area (Å²) in [5.41, 5.74) is 2.00. The van der Waals surface area contributed by atoms with Crippen LogP contribution in [0.4, 0.5) is 11.4 Å². The summed E-state index contributed by atoms with van der Waals surface area (Å²) in [7, 11) is 2.06. The van der Waals surface area contributed by atoms with E-state index in [0.717, 1.165) is 38.0 Å². The molecule has 6 nitrogen and oxygen atoms in total. The molecular formula is C24H32N4O2. The topological polar surface area (TPSA) is 64.7 Å². The molecule has 2 aromatic rings. The van der Waals surface area contributed by atoms with E-state index in [1.54, 1.807) is 0 Å². The number of rotatable bonds is 9. The Morgan fingerprint density at radius 2 is 1.77 bits per heavy atom. The third-order valence-electron chi connectivity index (χ3n) is 5.47. The molecule has 2 N–H and O–H groups in total. The van der Waals surface area contributed by atoms with E-state index in [1.165, 1.54) is 5.69 Å². The Bertz CT molecular complexity index is 797. The molecule has 0 aromatic heterocycles. The SMILES string of the molecule is CN(CCCNC(=O)CN1CCCC(C(=O)Nc2ccccc2)C1)c1ccccc1. The Morgan fingerprint density at radius 3 is 2.50 bits per heavy atom.